The second-order valence-electron chi connectivity index (χ2n) is 9.42. The topological polar surface area (TPSA) is 159 Å². The number of ether oxygens (including phenoxy) is 4. The molecule has 0 N–H and O–H groups in total. The van der Waals surface area contributed by atoms with Gasteiger partial charge in [-0.05, 0) is 67.1 Å². The van der Waals surface area contributed by atoms with Gasteiger partial charge >= 0.3 is 17.9 Å². The van der Waals surface area contributed by atoms with Crippen LogP contribution >= 0.6 is 0 Å². The van der Waals surface area contributed by atoms with Gasteiger partial charge in [0, 0.05) is 30.5 Å². The number of benzene rings is 3. The molecule has 13 nitrogen and oxygen atoms in total. The molecule has 0 bridgehead atoms. The Morgan fingerprint density at radius 3 is 2.24 bits per heavy atom. The minimum Gasteiger partial charge on any atom is -0.490 e. The normalized spacial score (nSPS) is 10.8. The summed E-state index contributed by atoms with van der Waals surface area (Å²) in [5.74, 6) is -1.33. The highest BCUT2D eigenvalue weighted by atomic mass is 16.6. The van der Waals surface area contributed by atoms with Gasteiger partial charge in [0.15, 0.2) is 0 Å². The van der Waals surface area contributed by atoms with Gasteiger partial charge in [0.05, 0.1) is 30.0 Å². The van der Waals surface area contributed by atoms with Crippen LogP contribution in [-0.4, -0.2) is 63.4 Å². The fourth-order valence-corrected chi connectivity index (χ4v) is 3.60. The Morgan fingerprint density at radius 2 is 1.60 bits per heavy atom. The average Bonchev–Trinajstić information content (AvgIpc) is 3.04. The number of azo groups is 1. The van der Waals surface area contributed by atoms with E-state index in [1.54, 1.807) is 49.4 Å². The van der Waals surface area contributed by atoms with Crippen LogP contribution in [0.1, 0.15) is 22.8 Å². The third kappa shape index (κ3) is 10.7. The lowest BCUT2D eigenvalue weighted by molar-refractivity contribution is -0.385. The third-order valence-corrected chi connectivity index (χ3v) is 6.05. The molecule has 0 spiro atoms. The molecule has 0 amide bonds. The van der Waals surface area contributed by atoms with Crippen LogP contribution in [0.2, 0.25) is 0 Å². The first kappa shape index (κ1) is 33.6. The zero-order chi connectivity index (χ0) is 32.8. The Labute approximate surface area is 259 Å². The maximum absolute atomic E-state index is 12.7. The van der Waals surface area contributed by atoms with Crippen LogP contribution in [0.15, 0.2) is 95.2 Å². The van der Waals surface area contributed by atoms with Crippen LogP contribution in [0.25, 0.3) is 6.08 Å². The van der Waals surface area contributed by atoms with Gasteiger partial charge in [-0.1, -0.05) is 18.7 Å². The summed E-state index contributed by atoms with van der Waals surface area (Å²) in [4.78, 5) is 48.2. The molecule has 0 fully saturated rings. The summed E-state index contributed by atoms with van der Waals surface area (Å²) in [5.41, 5.74) is 1.96. The molecule has 13 heteroatoms. The molecule has 234 valence electrons. The summed E-state index contributed by atoms with van der Waals surface area (Å²) in [6.45, 7) is 5.64. The van der Waals surface area contributed by atoms with Crippen molar-refractivity contribution in [2.45, 2.75) is 6.92 Å². The van der Waals surface area contributed by atoms with E-state index < -0.39 is 28.5 Å². The van der Waals surface area contributed by atoms with Crippen LogP contribution < -0.4 is 9.64 Å². The Balaban J connectivity index is 1.56. The van der Waals surface area contributed by atoms with Crippen molar-refractivity contribution in [2.75, 3.05) is 45.4 Å². The SMILES string of the molecule is C=C(C)C(=O)OCCN(C)c1ccc(N=Nc2ccc([N+](=O)[O-])c(C(=O)OCCOc3ccc(C=CC(=O)OC)cc3)c2)cc1. The molecular formula is C32H32N4O9. The lowest BCUT2D eigenvalue weighted by Gasteiger charge is -2.19. The molecular weight excluding hydrogens is 584 g/mol. The molecule has 3 aromatic rings. The van der Waals surface area contributed by atoms with Gasteiger partial charge in [0.25, 0.3) is 5.69 Å². The zero-order valence-corrected chi connectivity index (χ0v) is 25.0. The quantitative estimate of drug-likeness (QED) is 0.0378. The maximum Gasteiger partial charge on any atom is 0.345 e. The van der Waals surface area contributed by atoms with Gasteiger partial charge in [-0.2, -0.15) is 10.2 Å². The highest BCUT2D eigenvalue weighted by Gasteiger charge is 2.22. The molecule has 0 unspecified atom stereocenters. The fraction of sp³-hybridized carbons (Fsp3) is 0.219. The van der Waals surface area contributed by atoms with E-state index in [-0.39, 0.29) is 31.1 Å². The highest BCUT2D eigenvalue weighted by molar-refractivity contribution is 5.95. The molecule has 3 aromatic carbocycles. The smallest absolute Gasteiger partial charge is 0.345 e. The maximum atomic E-state index is 12.7. The first-order valence-electron chi connectivity index (χ1n) is 13.6. The molecule has 0 radical (unpaired) electrons. The van der Waals surface area contributed by atoms with Crippen molar-refractivity contribution >= 4 is 46.7 Å². The number of methoxy groups -OCH3 is 1. The van der Waals surface area contributed by atoms with E-state index in [4.69, 9.17) is 14.2 Å². The van der Waals surface area contributed by atoms with E-state index in [0.717, 1.165) is 17.3 Å². The Morgan fingerprint density at radius 1 is 0.933 bits per heavy atom. The Kier molecular flexibility index (Phi) is 12.5. The first-order chi connectivity index (χ1) is 21.6. The zero-order valence-electron chi connectivity index (χ0n) is 25.0. The van der Waals surface area contributed by atoms with E-state index in [1.807, 2.05) is 24.1 Å². The van der Waals surface area contributed by atoms with Crippen molar-refractivity contribution in [1.82, 2.24) is 0 Å². The summed E-state index contributed by atoms with van der Waals surface area (Å²) in [6.07, 6.45) is 2.88. The van der Waals surface area contributed by atoms with Gasteiger partial charge in [0.2, 0.25) is 0 Å². The minimum atomic E-state index is -0.910. The average molecular weight is 617 g/mol. The van der Waals surface area contributed by atoms with Gasteiger partial charge in [-0.3, -0.25) is 10.1 Å². The Bertz CT molecular complexity index is 1580. The molecule has 3 rings (SSSR count). The number of carbonyl (C=O) groups excluding carboxylic acids is 3. The summed E-state index contributed by atoms with van der Waals surface area (Å²) < 4.78 is 20.4. The number of hydrogen-bond donors (Lipinski definition) is 0. The van der Waals surface area contributed by atoms with Gasteiger partial charge < -0.3 is 23.8 Å². The van der Waals surface area contributed by atoms with Crippen LogP contribution in [0.4, 0.5) is 22.7 Å². The molecule has 0 aromatic heterocycles. The monoisotopic (exact) mass is 616 g/mol. The van der Waals surface area contributed by atoms with Crippen molar-refractivity contribution in [1.29, 1.82) is 0 Å². The van der Waals surface area contributed by atoms with Crippen LogP contribution in [0.5, 0.6) is 5.75 Å². The van der Waals surface area contributed by atoms with Gasteiger partial charge in [0.1, 0.15) is 31.1 Å². The summed E-state index contributed by atoms with van der Waals surface area (Å²) in [5, 5.41) is 19.8. The number of nitrogens with zero attached hydrogens (tertiary/aromatic N) is 4. The van der Waals surface area contributed by atoms with Gasteiger partial charge in [-0.25, -0.2) is 14.4 Å². The fourth-order valence-electron chi connectivity index (χ4n) is 3.60. The van der Waals surface area contributed by atoms with E-state index in [9.17, 15) is 24.5 Å². The summed E-state index contributed by atoms with van der Waals surface area (Å²) in [7, 11) is 3.14. The second kappa shape index (κ2) is 16.7. The number of anilines is 1. The second-order valence-corrected chi connectivity index (χ2v) is 9.42. The Hall–Kier alpha value is -5.85. The van der Waals surface area contributed by atoms with Gasteiger partial charge in [-0.15, -0.1) is 0 Å². The molecule has 0 saturated carbocycles. The standard InChI is InChI=1S/C32H32N4O9/c1-22(2)31(38)44-18-17-35(3)26-11-8-24(9-12-26)33-34-25-10-15-29(36(40)41)28(21-25)32(39)45-20-19-43-27-13-5-23(6-14-27)7-16-30(37)42-4/h5-16,21H,1,17-20H2,2-4H3. The van der Waals surface area contributed by atoms with Crippen LogP contribution in [0.3, 0.4) is 0 Å². The van der Waals surface area contributed by atoms with Crippen molar-refractivity contribution in [3.8, 4) is 5.75 Å². The van der Waals surface area contributed by atoms with Crippen molar-refractivity contribution in [3.63, 3.8) is 0 Å². The van der Waals surface area contributed by atoms with Crippen LogP contribution in [-0.2, 0) is 23.8 Å². The number of nitro benzene ring substituents is 1. The molecule has 0 atom stereocenters. The van der Waals surface area contributed by atoms with E-state index in [1.165, 1.54) is 25.3 Å². The third-order valence-electron chi connectivity index (χ3n) is 6.05. The van der Waals surface area contributed by atoms with E-state index in [0.29, 0.717) is 23.6 Å². The lowest BCUT2D eigenvalue weighted by Crippen LogP contribution is -2.23. The largest absolute Gasteiger partial charge is 0.490 e. The molecule has 0 aliphatic carbocycles. The van der Waals surface area contributed by atoms with Crippen LogP contribution in [0, 0.1) is 10.1 Å². The van der Waals surface area contributed by atoms with E-state index in [2.05, 4.69) is 21.5 Å². The first-order valence-corrected chi connectivity index (χ1v) is 13.6. The number of esters is 3. The predicted molar refractivity (Wildman–Crippen MR) is 166 cm³/mol. The highest BCUT2D eigenvalue weighted by Crippen LogP contribution is 2.27. The van der Waals surface area contributed by atoms with Crippen molar-refractivity contribution in [2.24, 2.45) is 10.2 Å². The number of rotatable bonds is 15. The molecule has 45 heavy (non-hydrogen) atoms. The molecule has 0 aliphatic heterocycles. The molecule has 0 aliphatic rings. The summed E-state index contributed by atoms with van der Waals surface area (Å²) >= 11 is 0. The van der Waals surface area contributed by atoms with E-state index >= 15 is 0 Å². The predicted octanol–water partition coefficient (Wildman–Crippen LogP) is 5.99. The number of likely N-dealkylation sites (N-methyl/N-ethyl adjacent to an activating group) is 1. The molecule has 0 heterocycles. The minimum absolute atomic E-state index is 0.00110. The number of nitro groups is 1. The summed E-state index contributed by atoms with van der Waals surface area (Å²) in [6, 6.07) is 17.6. The number of carbonyl (C=O) groups is 3. The van der Waals surface area contributed by atoms with Crippen molar-refractivity contribution in [3.05, 3.63) is 106 Å². The number of hydrogen-bond acceptors (Lipinski definition) is 12. The lowest BCUT2D eigenvalue weighted by atomic mass is 10.1. The molecule has 0 saturated heterocycles. The van der Waals surface area contributed by atoms with Crippen molar-refractivity contribution < 1.29 is 38.3 Å².